The van der Waals surface area contributed by atoms with Crippen LogP contribution >= 0.6 is 24.0 Å². The van der Waals surface area contributed by atoms with E-state index in [9.17, 15) is 4.79 Å². The molecule has 1 aliphatic heterocycles. The third-order valence-electron chi connectivity index (χ3n) is 2.91. The van der Waals surface area contributed by atoms with Gasteiger partial charge in [0.2, 0.25) is 5.91 Å². The van der Waals surface area contributed by atoms with Gasteiger partial charge in [0, 0.05) is 12.3 Å². The number of hydrogen-bond acceptors (Lipinski definition) is 3. The van der Waals surface area contributed by atoms with Crippen LogP contribution < -0.4 is 0 Å². The Morgan fingerprint density at radius 3 is 2.88 bits per heavy atom. The van der Waals surface area contributed by atoms with E-state index < -0.39 is 0 Å². The van der Waals surface area contributed by atoms with Crippen LogP contribution in [0.15, 0.2) is 18.2 Å². The lowest BCUT2D eigenvalue weighted by Gasteiger charge is -2.15. The third-order valence-corrected chi connectivity index (χ3v) is 4.34. The van der Waals surface area contributed by atoms with Crippen molar-refractivity contribution in [2.75, 3.05) is 12.3 Å². The highest BCUT2D eigenvalue weighted by molar-refractivity contribution is 8.23. The Balaban J connectivity index is 2.12. The first-order chi connectivity index (χ1) is 8.08. The maximum atomic E-state index is 12.1. The molecule has 1 saturated heterocycles. The maximum Gasteiger partial charge on any atom is 0.232 e. The van der Waals surface area contributed by atoms with Crippen molar-refractivity contribution in [2.24, 2.45) is 0 Å². The molecule has 1 heterocycles. The van der Waals surface area contributed by atoms with E-state index >= 15 is 0 Å². The largest absolute Gasteiger partial charge is 0.297 e. The summed E-state index contributed by atoms with van der Waals surface area (Å²) in [6, 6.07) is 6.22. The van der Waals surface area contributed by atoms with E-state index in [1.54, 1.807) is 16.7 Å². The molecule has 0 radical (unpaired) electrons. The molecule has 1 fully saturated rings. The summed E-state index contributed by atoms with van der Waals surface area (Å²) in [5, 5.41) is 0. The van der Waals surface area contributed by atoms with E-state index in [4.69, 9.17) is 12.2 Å². The molecule has 17 heavy (non-hydrogen) atoms. The normalized spacial score (nSPS) is 15.4. The number of amides is 1. The molecule has 0 N–H and O–H groups in total. The molecule has 1 amide bonds. The zero-order valence-corrected chi connectivity index (χ0v) is 11.7. The molecule has 0 spiro atoms. The second-order valence-electron chi connectivity index (χ2n) is 4.27. The fraction of sp³-hybridized carbons (Fsp3) is 0.385. The van der Waals surface area contributed by atoms with Gasteiger partial charge in [0.15, 0.2) is 0 Å². The fourth-order valence-electron chi connectivity index (χ4n) is 1.87. The van der Waals surface area contributed by atoms with Crippen LogP contribution in [-0.4, -0.2) is 27.4 Å². The van der Waals surface area contributed by atoms with Crippen LogP contribution in [0.5, 0.6) is 0 Å². The Bertz CT molecular complexity index is 470. The number of carbonyl (C=O) groups excluding carboxylic acids is 1. The third kappa shape index (κ3) is 2.87. The molecule has 0 aliphatic carbocycles. The van der Waals surface area contributed by atoms with Gasteiger partial charge < -0.3 is 0 Å². The van der Waals surface area contributed by atoms with Gasteiger partial charge in [0.05, 0.1) is 6.42 Å². The summed E-state index contributed by atoms with van der Waals surface area (Å²) in [4.78, 5) is 13.8. The minimum Gasteiger partial charge on any atom is -0.297 e. The first-order valence-electron chi connectivity index (χ1n) is 5.61. The van der Waals surface area contributed by atoms with Crippen LogP contribution in [-0.2, 0) is 11.2 Å². The summed E-state index contributed by atoms with van der Waals surface area (Å²) < 4.78 is 0.723. The summed E-state index contributed by atoms with van der Waals surface area (Å²) in [5.41, 5.74) is 3.47. The van der Waals surface area contributed by atoms with Crippen LogP contribution in [0, 0.1) is 13.8 Å². The first kappa shape index (κ1) is 12.6. The predicted octanol–water partition coefficient (Wildman–Crippen LogP) is 2.71. The Hall–Kier alpha value is -0.870. The van der Waals surface area contributed by atoms with E-state index in [0.29, 0.717) is 6.42 Å². The number of carbonyl (C=O) groups is 1. The van der Waals surface area contributed by atoms with Crippen molar-refractivity contribution in [1.29, 1.82) is 0 Å². The topological polar surface area (TPSA) is 20.3 Å². The van der Waals surface area contributed by atoms with Crippen molar-refractivity contribution in [3.63, 3.8) is 0 Å². The van der Waals surface area contributed by atoms with Crippen LogP contribution in [0.25, 0.3) is 0 Å². The average Bonchev–Trinajstić information content (AvgIpc) is 2.70. The quantitative estimate of drug-likeness (QED) is 0.767. The number of thiocarbonyl (C=S) groups is 1. The summed E-state index contributed by atoms with van der Waals surface area (Å²) in [7, 11) is 0. The molecule has 1 aromatic carbocycles. The Morgan fingerprint density at radius 1 is 1.47 bits per heavy atom. The van der Waals surface area contributed by atoms with Gasteiger partial charge in [-0.2, -0.15) is 0 Å². The number of hydrogen-bond donors (Lipinski definition) is 0. The zero-order valence-electron chi connectivity index (χ0n) is 10.0. The van der Waals surface area contributed by atoms with Gasteiger partial charge >= 0.3 is 0 Å². The minimum atomic E-state index is 0.119. The van der Waals surface area contributed by atoms with Crippen molar-refractivity contribution in [1.82, 2.24) is 4.90 Å². The van der Waals surface area contributed by atoms with E-state index in [-0.39, 0.29) is 5.91 Å². The van der Waals surface area contributed by atoms with Gasteiger partial charge in [-0.3, -0.25) is 9.69 Å². The lowest BCUT2D eigenvalue weighted by atomic mass is 10.0. The number of aryl methyl sites for hydroxylation is 2. The highest BCUT2D eigenvalue weighted by Gasteiger charge is 2.24. The summed E-state index contributed by atoms with van der Waals surface area (Å²) in [5.74, 6) is 1.05. The standard InChI is InChI=1S/C13H15NOS2/c1-9-3-4-10(2)11(7-9)8-12(15)14-5-6-17-13(14)16/h3-4,7H,5-6,8H2,1-2H3. The van der Waals surface area contributed by atoms with Crippen molar-refractivity contribution in [2.45, 2.75) is 20.3 Å². The molecule has 4 heteroatoms. The molecule has 1 aliphatic rings. The van der Waals surface area contributed by atoms with Crippen LogP contribution in [0.2, 0.25) is 0 Å². The fourth-order valence-corrected chi connectivity index (χ4v) is 3.11. The number of rotatable bonds is 2. The number of thioether (sulfide) groups is 1. The summed E-state index contributed by atoms with van der Waals surface area (Å²) in [6.45, 7) is 4.84. The molecule has 2 rings (SSSR count). The molecule has 2 nitrogen and oxygen atoms in total. The molecule has 0 atom stereocenters. The monoisotopic (exact) mass is 265 g/mol. The van der Waals surface area contributed by atoms with Crippen molar-refractivity contribution in [3.05, 3.63) is 34.9 Å². The minimum absolute atomic E-state index is 0.119. The Labute approximate surface area is 111 Å². The molecule has 0 aromatic heterocycles. The summed E-state index contributed by atoms with van der Waals surface area (Å²) >= 11 is 6.75. The lowest BCUT2D eigenvalue weighted by molar-refractivity contribution is -0.126. The molecule has 0 unspecified atom stereocenters. The van der Waals surface area contributed by atoms with Crippen LogP contribution in [0.4, 0.5) is 0 Å². The van der Waals surface area contributed by atoms with Crippen molar-refractivity contribution in [3.8, 4) is 0 Å². The van der Waals surface area contributed by atoms with Crippen LogP contribution in [0.3, 0.4) is 0 Å². The molecule has 0 bridgehead atoms. The number of benzene rings is 1. The van der Waals surface area contributed by atoms with Crippen LogP contribution in [0.1, 0.15) is 16.7 Å². The Kier molecular flexibility index (Phi) is 3.84. The van der Waals surface area contributed by atoms with Gasteiger partial charge in [-0.05, 0) is 25.0 Å². The van der Waals surface area contributed by atoms with Crippen molar-refractivity contribution < 1.29 is 4.79 Å². The SMILES string of the molecule is Cc1ccc(C)c(CC(=O)N2CCSC2=S)c1. The van der Waals surface area contributed by atoms with E-state index in [2.05, 4.69) is 18.2 Å². The highest BCUT2D eigenvalue weighted by atomic mass is 32.2. The zero-order chi connectivity index (χ0) is 12.4. The number of nitrogens with zero attached hydrogens (tertiary/aromatic N) is 1. The molecule has 1 aromatic rings. The van der Waals surface area contributed by atoms with Gasteiger partial charge in [0.1, 0.15) is 4.32 Å². The molecular formula is C13H15NOS2. The second-order valence-corrected chi connectivity index (χ2v) is 6.00. The Morgan fingerprint density at radius 2 is 2.24 bits per heavy atom. The predicted molar refractivity (Wildman–Crippen MR) is 76.4 cm³/mol. The summed E-state index contributed by atoms with van der Waals surface area (Å²) in [6.07, 6.45) is 0.453. The van der Waals surface area contributed by atoms with Gasteiger partial charge in [0.25, 0.3) is 0 Å². The van der Waals surface area contributed by atoms with E-state index in [0.717, 1.165) is 22.2 Å². The molecule has 90 valence electrons. The molecular weight excluding hydrogens is 250 g/mol. The highest BCUT2D eigenvalue weighted by Crippen LogP contribution is 2.20. The second kappa shape index (κ2) is 5.19. The van der Waals surface area contributed by atoms with E-state index in [1.165, 1.54) is 11.1 Å². The van der Waals surface area contributed by atoms with E-state index in [1.807, 2.05) is 13.8 Å². The smallest absolute Gasteiger partial charge is 0.232 e. The van der Waals surface area contributed by atoms with Crippen molar-refractivity contribution >= 4 is 34.2 Å². The van der Waals surface area contributed by atoms with Gasteiger partial charge in [-0.25, -0.2) is 0 Å². The average molecular weight is 265 g/mol. The lowest BCUT2D eigenvalue weighted by Crippen LogP contribution is -2.32. The first-order valence-corrected chi connectivity index (χ1v) is 7.00. The van der Waals surface area contributed by atoms with Gasteiger partial charge in [-0.15, -0.1) is 0 Å². The maximum absolute atomic E-state index is 12.1. The van der Waals surface area contributed by atoms with Gasteiger partial charge in [-0.1, -0.05) is 47.7 Å². The molecule has 0 saturated carbocycles.